The van der Waals surface area contributed by atoms with E-state index >= 15 is 0 Å². The number of nitrogens with one attached hydrogen (secondary N) is 1. The minimum absolute atomic E-state index is 0.0649. The molecule has 0 aromatic heterocycles. The number of amides is 2. The molecular formula is C28H33ClN2O5. The summed E-state index contributed by atoms with van der Waals surface area (Å²) in [6, 6.07) is 14.5. The molecule has 3 aliphatic heterocycles. The highest BCUT2D eigenvalue weighted by Crippen LogP contribution is 2.53. The first-order chi connectivity index (χ1) is 17.2. The molecule has 3 aliphatic rings. The Labute approximate surface area is 217 Å². The lowest BCUT2D eigenvalue weighted by molar-refractivity contribution is -0.189. The van der Waals surface area contributed by atoms with Crippen molar-refractivity contribution in [3.8, 4) is 5.75 Å². The lowest BCUT2D eigenvalue weighted by Gasteiger charge is -2.53. The van der Waals surface area contributed by atoms with E-state index in [1.165, 1.54) is 0 Å². The zero-order chi connectivity index (χ0) is 25.4. The number of nitrogens with zero attached hydrogens (tertiary/aromatic N) is 1. The molecule has 0 saturated carbocycles. The van der Waals surface area contributed by atoms with Crippen LogP contribution in [0.25, 0.3) is 0 Å². The molecule has 0 spiro atoms. The van der Waals surface area contributed by atoms with Gasteiger partial charge < -0.3 is 24.4 Å². The summed E-state index contributed by atoms with van der Waals surface area (Å²) in [5.74, 6) is 1.06. The maximum Gasteiger partial charge on any atom is 0.408 e. The van der Waals surface area contributed by atoms with Gasteiger partial charge in [0.05, 0.1) is 12.2 Å². The predicted molar refractivity (Wildman–Crippen MR) is 136 cm³/mol. The largest absolute Gasteiger partial charge is 0.487 e. The Kier molecular flexibility index (Phi) is 6.88. The van der Waals surface area contributed by atoms with Gasteiger partial charge in [-0.1, -0.05) is 41.9 Å². The van der Waals surface area contributed by atoms with Crippen molar-refractivity contribution >= 4 is 23.6 Å². The summed E-state index contributed by atoms with van der Waals surface area (Å²) in [4.78, 5) is 27.3. The van der Waals surface area contributed by atoms with E-state index in [0.717, 1.165) is 29.7 Å². The van der Waals surface area contributed by atoms with Gasteiger partial charge in [-0.2, -0.15) is 0 Å². The first-order valence-corrected chi connectivity index (χ1v) is 13.0. The van der Waals surface area contributed by atoms with Crippen LogP contribution in [0.2, 0.25) is 5.02 Å². The molecule has 7 nitrogen and oxygen atoms in total. The van der Waals surface area contributed by atoms with Crippen molar-refractivity contribution in [2.45, 2.75) is 64.1 Å². The number of carbonyl (C=O) groups excluding carboxylic acids is 2. The normalized spacial score (nSPS) is 26.9. The molecule has 0 unspecified atom stereocenters. The van der Waals surface area contributed by atoms with Crippen LogP contribution < -0.4 is 10.1 Å². The third-order valence-corrected chi connectivity index (χ3v) is 7.92. The van der Waals surface area contributed by atoms with Gasteiger partial charge in [0.2, 0.25) is 5.91 Å². The van der Waals surface area contributed by atoms with E-state index in [0.29, 0.717) is 18.1 Å². The van der Waals surface area contributed by atoms with Crippen molar-refractivity contribution in [1.29, 1.82) is 0 Å². The Hall–Kier alpha value is -2.77. The molecule has 2 aromatic carbocycles. The summed E-state index contributed by atoms with van der Waals surface area (Å²) in [6.45, 7) is 7.24. The summed E-state index contributed by atoms with van der Waals surface area (Å²) < 4.78 is 18.3. The van der Waals surface area contributed by atoms with E-state index in [4.69, 9.17) is 25.8 Å². The van der Waals surface area contributed by atoms with Gasteiger partial charge in [0.15, 0.2) is 0 Å². The van der Waals surface area contributed by atoms with Gasteiger partial charge in [-0.3, -0.25) is 4.79 Å². The molecule has 36 heavy (non-hydrogen) atoms. The van der Waals surface area contributed by atoms with Crippen molar-refractivity contribution in [3.63, 3.8) is 0 Å². The summed E-state index contributed by atoms with van der Waals surface area (Å²) in [5.41, 5.74) is 1.50. The van der Waals surface area contributed by atoms with E-state index in [1.807, 2.05) is 53.4 Å². The molecule has 5 atom stereocenters. The van der Waals surface area contributed by atoms with Crippen LogP contribution in [-0.2, 0) is 20.9 Å². The quantitative estimate of drug-likeness (QED) is 0.615. The molecule has 2 fully saturated rings. The topological polar surface area (TPSA) is 77.1 Å². The van der Waals surface area contributed by atoms with Crippen LogP contribution in [-0.4, -0.2) is 47.7 Å². The van der Waals surface area contributed by atoms with Crippen LogP contribution in [0.1, 0.15) is 50.8 Å². The number of fused-ring (bicyclic) bond motifs is 4. The average Bonchev–Trinajstić information content (AvgIpc) is 2.87. The number of hydrogen-bond donors (Lipinski definition) is 1. The van der Waals surface area contributed by atoms with E-state index < -0.39 is 17.7 Å². The molecular weight excluding hydrogens is 480 g/mol. The maximum atomic E-state index is 13.2. The minimum atomic E-state index is -0.675. The van der Waals surface area contributed by atoms with Crippen molar-refractivity contribution in [3.05, 3.63) is 64.7 Å². The standard InChI is InChI=1S/C28H33ClN2O5/c1-17(30-27(33)34-16-18-7-5-4-6-8-18)26(32)31-12-11-23-19(15-31)13-22-25(35-23)21-14-20(29)9-10-24(21)36-28(22,2)3/h4-10,14,17,19,22-23,25H,11-13,15-16H2,1-3H3,(H,30,33)/t17-,19+,22-,23-,25+/m0/s1. The fourth-order valence-corrected chi connectivity index (χ4v) is 5.94. The lowest BCUT2D eigenvalue weighted by Crippen LogP contribution is -2.57. The summed E-state index contributed by atoms with van der Waals surface area (Å²) in [5, 5.41) is 3.35. The number of piperidine rings is 1. The predicted octanol–water partition coefficient (Wildman–Crippen LogP) is 5.12. The molecule has 2 aromatic rings. The minimum Gasteiger partial charge on any atom is -0.487 e. The van der Waals surface area contributed by atoms with Gasteiger partial charge in [0.25, 0.3) is 0 Å². The van der Waals surface area contributed by atoms with Crippen molar-refractivity contribution < 1.29 is 23.8 Å². The van der Waals surface area contributed by atoms with Crippen LogP contribution >= 0.6 is 11.6 Å². The Morgan fingerprint density at radius 3 is 2.78 bits per heavy atom. The van der Waals surface area contributed by atoms with Crippen LogP contribution in [0.3, 0.4) is 0 Å². The Bertz CT molecular complexity index is 1120. The Balaban J connectivity index is 1.20. The van der Waals surface area contributed by atoms with Crippen LogP contribution in [0.4, 0.5) is 4.79 Å². The average molecular weight is 513 g/mol. The first-order valence-electron chi connectivity index (χ1n) is 12.6. The molecule has 0 bridgehead atoms. The molecule has 1 N–H and O–H groups in total. The molecule has 8 heteroatoms. The van der Waals surface area contributed by atoms with Crippen molar-refractivity contribution in [2.75, 3.05) is 13.1 Å². The first kappa shape index (κ1) is 24.9. The second-order valence-electron chi connectivity index (χ2n) is 10.6. The fraction of sp³-hybridized carbons (Fsp3) is 0.500. The van der Waals surface area contributed by atoms with Gasteiger partial charge in [-0.05, 0) is 57.4 Å². The molecule has 5 rings (SSSR count). The Morgan fingerprint density at radius 2 is 2.00 bits per heavy atom. The van der Waals surface area contributed by atoms with E-state index in [1.54, 1.807) is 6.92 Å². The summed E-state index contributed by atoms with van der Waals surface area (Å²) in [7, 11) is 0. The molecule has 0 aliphatic carbocycles. The van der Waals surface area contributed by atoms with Crippen LogP contribution in [0.5, 0.6) is 5.75 Å². The monoisotopic (exact) mass is 512 g/mol. The molecule has 2 saturated heterocycles. The number of hydrogen-bond acceptors (Lipinski definition) is 5. The highest BCUT2D eigenvalue weighted by molar-refractivity contribution is 6.30. The Morgan fingerprint density at radius 1 is 1.22 bits per heavy atom. The van der Waals surface area contributed by atoms with Gasteiger partial charge in [0.1, 0.15) is 24.0 Å². The number of rotatable bonds is 4. The SMILES string of the molecule is C[C@H](NC(=O)OCc1ccccc1)C(=O)N1CC[C@@H]2O[C@@H]3c4cc(Cl)ccc4OC(C)(C)[C@H]3C[C@@H]2C1. The molecule has 3 heterocycles. The number of halogens is 1. The van der Waals surface area contributed by atoms with E-state index in [9.17, 15) is 9.59 Å². The van der Waals surface area contributed by atoms with Gasteiger partial charge in [-0.25, -0.2) is 4.79 Å². The maximum absolute atomic E-state index is 13.2. The third kappa shape index (κ3) is 5.04. The summed E-state index contributed by atoms with van der Waals surface area (Å²) in [6.07, 6.45) is 1.03. The van der Waals surface area contributed by atoms with E-state index in [2.05, 4.69) is 19.2 Å². The number of ether oxygens (including phenoxy) is 3. The molecule has 2 amide bonds. The third-order valence-electron chi connectivity index (χ3n) is 7.68. The van der Waals surface area contributed by atoms with Gasteiger partial charge in [-0.15, -0.1) is 0 Å². The highest BCUT2D eigenvalue weighted by Gasteiger charge is 2.51. The van der Waals surface area contributed by atoms with Gasteiger partial charge in [0, 0.05) is 35.5 Å². The lowest BCUT2D eigenvalue weighted by atomic mass is 9.70. The second-order valence-corrected chi connectivity index (χ2v) is 11.0. The zero-order valence-electron chi connectivity index (χ0n) is 20.9. The number of carbonyl (C=O) groups is 2. The molecule has 192 valence electrons. The molecule has 0 radical (unpaired) electrons. The second kappa shape index (κ2) is 9.94. The van der Waals surface area contributed by atoms with Crippen LogP contribution in [0, 0.1) is 11.8 Å². The van der Waals surface area contributed by atoms with Crippen molar-refractivity contribution in [1.82, 2.24) is 10.2 Å². The van der Waals surface area contributed by atoms with Crippen molar-refractivity contribution in [2.24, 2.45) is 11.8 Å². The number of benzene rings is 2. The number of likely N-dealkylation sites (tertiary alicyclic amines) is 1. The smallest absolute Gasteiger partial charge is 0.408 e. The summed E-state index contributed by atoms with van der Waals surface area (Å²) >= 11 is 6.29. The van der Waals surface area contributed by atoms with Crippen LogP contribution in [0.15, 0.2) is 48.5 Å². The zero-order valence-corrected chi connectivity index (χ0v) is 21.7. The van der Waals surface area contributed by atoms with Gasteiger partial charge >= 0.3 is 6.09 Å². The fourth-order valence-electron chi connectivity index (χ4n) is 5.76. The number of alkyl carbamates (subject to hydrolysis) is 1. The highest BCUT2D eigenvalue weighted by atomic mass is 35.5. The van der Waals surface area contributed by atoms with E-state index in [-0.39, 0.29) is 36.6 Å².